The average Bonchev–Trinajstić information content (AvgIpc) is 2.89. The van der Waals surface area contributed by atoms with Crippen molar-refractivity contribution in [2.24, 2.45) is 0 Å². The van der Waals surface area contributed by atoms with Crippen LogP contribution in [0.1, 0.15) is 25.1 Å². The second-order valence-corrected chi connectivity index (χ2v) is 6.09. The Morgan fingerprint density at radius 2 is 2.19 bits per heavy atom. The standard InChI is InChI=1S/C12H17N5O3S/c1-3-5-14-10-4-6-13-7-11(10)21(18,19)15-8-12-16-9(2)20-17-12/h4,6-7,15H,3,5,8H2,1-2H3,(H,13,14). The van der Waals surface area contributed by atoms with Gasteiger partial charge in [0.05, 0.1) is 12.2 Å². The first-order valence-corrected chi connectivity index (χ1v) is 7.98. The predicted molar refractivity (Wildman–Crippen MR) is 76.1 cm³/mol. The minimum absolute atomic E-state index is 0.0399. The molecule has 0 aliphatic carbocycles. The number of hydrogen-bond acceptors (Lipinski definition) is 7. The van der Waals surface area contributed by atoms with E-state index >= 15 is 0 Å². The first-order valence-electron chi connectivity index (χ1n) is 6.49. The van der Waals surface area contributed by atoms with Gasteiger partial charge < -0.3 is 9.84 Å². The molecule has 21 heavy (non-hydrogen) atoms. The van der Waals surface area contributed by atoms with E-state index < -0.39 is 10.0 Å². The highest BCUT2D eigenvalue weighted by atomic mass is 32.2. The van der Waals surface area contributed by atoms with E-state index in [0.29, 0.717) is 18.1 Å². The lowest BCUT2D eigenvalue weighted by atomic mass is 10.4. The number of hydrogen-bond donors (Lipinski definition) is 2. The zero-order valence-electron chi connectivity index (χ0n) is 11.8. The van der Waals surface area contributed by atoms with Gasteiger partial charge in [-0.05, 0) is 12.5 Å². The molecule has 0 aliphatic rings. The van der Waals surface area contributed by atoms with Crippen molar-refractivity contribution in [1.29, 1.82) is 0 Å². The molecule has 0 saturated carbocycles. The largest absolute Gasteiger partial charge is 0.384 e. The van der Waals surface area contributed by atoms with Crippen LogP contribution in [0.5, 0.6) is 0 Å². The third-order valence-corrected chi connectivity index (χ3v) is 4.06. The fourth-order valence-corrected chi connectivity index (χ4v) is 2.75. The Bertz CT molecular complexity index is 698. The number of aryl methyl sites for hydroxylation is 1. The number of sulfonamides is 1. The van der Waals surface area contributed by atoms with Crippen LogP contribution < -0.4 is 10.0 Å². The molecule has 0 bridgehead atoms. The van der Waals surface area contributed by atoms with Crippen molar-refractivity contribution in [2.45, 2.75) is 31.7 Å². The molecule has 0 aliphatic heterocycles. The zero-order chi connectivity index (χ0) is 15.3. The van der Waals surface area contributed by atoms with Crippen molar-refractivity contribution in [1.82, 2.24) is 19.8 Å². The Kier molecular flexibility index (Phi) is 4.86. The van der Waals surface area contributed by atoms with E-state index in [0.717, 1.165) is 6.42 Å². The van der Waals surface area contributed by atoms with Crippen molar-refractivity contribution in [3.63, 3.8) is 0 Å². The minimum Gasteiger partial charge on any atom is -0.384 e. The van der Waals surface area contributed by atoms with Gasteiger partial charge in [-0.15, -0.1) is 0 Å². The Morgan fingerprint density at radius 3 is 2.86 bits per heavy atom. The third-order valence-electron chi connectivity index (χ3n) is 2.63. The van der Waals surface area contributed by atoms with E-state index in [4.69, 9.17) is 4.52 Å². The van der Waals surface area contributed by atoms with Gasteiger partial charge in [0.2, 0.25) is 15.9 Å². The van der Waals surface area contributed by atoms with Crippen LogP contribution in [-0.4, -0.2) is 30.1 Å². The monoisotopic (exact) mass is 311 g/mol. The van der Waals surface area contributed by atoms with Crippen LogP contribution in [0.25, 0.3) is 0 Å². The highest BCUT2D eigenvalue weighted by Gasteiger charge is 2.19. The first kappa shape index (κ1) is 15.4. The summed E-state index contributed by atoms with van der Waals surface area (Å²) in [7, 11) is -3.71. The summed E-state index contributed by atoms with van der Waals surface area (Å²) in [4.78, 5) is 7.91. The first-order chi connectivity index (χ1) is 10.0. The maximum Gasteiger partial charge on any atom is 0.244 e. The molecular formula is C12H17N5O3S. The van der Waals surface area contributed by atoms with Crippen LogP contribution in [0.2, 0.25) is 0 Å². The number of rotatable bonds is 7. The molecule has 2 N–H and O–H groups in total. The molecule has 0 fully saturated rings. The summed E-state index contributed by atoms with van der Waals surface area (Å²) in [6.07, 6.45) is 3.73. The molecule has 2 aromatic heterocycles. The average molecular weight is 311 g/mol. The number of nitrogens with zero attached hydrogens (tertiary/aromatic N) is 3. The number of nitrogens with one attached hydrogen (secondary N) is 2. The lowest BCUT2D eigenvalue weighted by Crippen LogP contribution is -2.25. The Balaban J connectivity index is 2.15. The molecule has 8 nitrogen and oxygen atoms in total. The van der Waals surface area contributed by atoms with Crippen LogP contribution in [0.15, 0.2) is 27.9 Å². The summed E-state index contributed by atoms with van der Waals surface area (Å²) in [5.41, 5.74) is 0.517. The Hall–Kier alpha value is -2.00. The summed E-state index contributed by atoms with van der Waals surface area (Å²) in [5.74, 6) is 0.666. The molecule has 0 saturated heterocycles. The zero-order valence-corrected chi connectivity index (χ0v) is 12.6. The lowest BCUT2D eigenvalue weighted by molar-refractivity contribution is 0.387. The molecule has 0 atom stereocenters. The predicted octanol–water partition coefficient (Wildman–Crippen LogP) is 1.07. The van der Waals surface area contributed by atoms with Crippen LogP contribution in [0, 0.1) is 6.92 Å². The minimum atomic E-state index is -3.71. The highest BCUT2D eigenvalue weighted by molar-refractivity contribution is 7.89. The summed E-state index contributed by atoms with van der Waals surface area (Å²) in [6.45, 7) is 4.27. The molecule has 0 aromatic carbocycles. The fraction of sp³-hybridized carbons (Fsp3) is 0.417. The van der Waals surface area contributed by atoms with E-state index in [2.05, 4.69) is 25.2 Å². The Labute approximate surface area is 123 Å². The molecule has 0 spiro atoms. The summed E-state index contributed by atoms with van der Waals surface area (Å²) < 4.78 is 31.9. The summed E-state index contributed by atoms with van der Waals surface area (Å²) in [6, 6.07) is 1.63. The van der Waals surface area contributed by atoms with Crippen molar-refractivity contribution in [3.8, 4) is 0 Å². The second kappa shape index (κ2) is 6.64. The van der Waals surface area contributed by atoms with Gasteiger partial charge in [-0.25, -0.2) is 13.1 Å². The molecule has 2 aromatic rings. The van der Waals surface area contributed by atoms with Gasteiger partial charge in [-0.1, -0.05) is 12.1 Å². The smallest absolute Gasteiger partial charge is 0.244 e. The molecule has 0 amide bonds. The van der Waals surface area contributed by atoms with E-state index in [1.807, 2.05) is 6.92 Å². The normalized spacial score (nSPS) is 11.5. The highest BCUT2D eigenvalue weighted by Crippen LogP contribution is 2.19. The van der Waals surface area contributed by atoms with Gasteiger partial charge in [0.1, 0.15) is 4.90 Å². The van der Waals surface area contributed by atoms with Crippen molar-refractivity contribution in [2.75, 3.05) is 11.9 Å². The number of pyridine rings is 1. The van der Waals surface area contributed by atoms with Gasteiger partial charge in [0.25, 0.3) is 0 Å². The molecule has 0 unspecified atom stereocenters. The van der Waals surface area contributed by atoms with Gasteiger partial charge in [0, 0.05) is 25.9 Å². The quantitative estimate of drug-likeness (QED) is 0.787. The van der Waals surface area contributed by atoms with E-state index in [1.165, 1.54) is 6.20 Å². The van der Waals surface area contributed by atoms with Gasteiger partial charge in [0.15, 0.2) is 5.82 Å². The summed E-state index contributed by atoms with van der Waals surface area (Å²) in [5, 5.41) is 6.70. The van der Waals surface area contributed by atoms with Crippen LogP contribution in [0.4, 0.5) is 5.69 Å². The van der Waals surface area contributed by atoms with Crippen molar-refractivity contribution >= 4 is 15.7 Å². The Morgan fingerprint density at radius 1 is 1.38 bits per heavy atom. The van der Waals surface area contributed by atoms with Gasteiger partial charge in [-0.3, -0.25) is 4.98 Å². The van der Waals surface area contributed by atoms with Gasteiger partial charge in [-0.2, -0.15) is 4.98 Å². The number of anilines is 1. The molecular weight excluding hydrogens is 294 g/mol. The molecule has 114 valence electrons. The van der Waals surface area contributed by atoms with Gasteiger partial charge >= 0.3 is 0 Å². The fourth-order valence-electron chi connectivity index (χ4n) is 1.65. The second-order valence-electron chi connectivity index (χ2n) is 4.35. The molecule has 9 heteroatoms. The third kappa shape index (κ3) is 3.99. The maximum absolute atomic E-state index is 12.3. The SMILES string of the molecule is CCCNc1ccncc1S(=O)(=O)NCc1noc(C)n1. The lowest BCUT2D eigenvalue weighted by Gasteiger charge is -2.11. The molecule has 2 rings (SSSR count). The topological polar surface area (TPSA) is 110 Å². The van der Waals surface area contributed by atoms with Crippen molar-refractivity contribution < 1.29 is 12.9 Å². The molecule has 2 heterocycles. The van der Waals surface area contributed by atoms with Crippen LogP contribution >= 0.6 is 0 Å². The van der Waals surface area contributed by atoms with E-state index in [1.54, 1.807) is 19.2 Å². The van der Waals surface area contributed by atoms with E-state index in [9.17, 15) is 8.42 Å². The number of aromatic nitrogens is 3. The van der Waals surface area contributed by atoms with Crippen molar-refractivity contribution in [3.05, 3.63) is 30.2 Å². The van der Waals surface area contributed by atoms with Crippen LogP contribution in [0.3, 0.4) is 0 Å². The summed E-state index contributed by atoms with van der Waals surface area (Å²) >= 11 is 0. The maximum atomic E-state index is 12.3. The van der Waals surface area contributed by atoms with E-state index in [-0.39, 0.29) is 17.3 Å². The van der Waals surface area contributed by atoms with Crippen LogP contribution in [-0.2, 0) is 16.6 Å². The molecule has 0 radical (unpaired) electrons.